The monoisotopic (exact) mass is 512 g/mol. The van der Waals surface area contributed by atoms with Crippen molar-refractivity contribution in [3.63, 3.8) is 0 Å². The Morgan fingerprint density at radius 1 is 0.583 bits per heavy atom. The third kappa shape index (κ3) is 19.9. The van der Waals surface area contributed by atoms with E-state index in [0.29, 0.717) is 13.1 Å². The van der Waals surface area contributed by atoms with Crippen LogP contribution in [0.15, 0.2) is 0 Å². The number of hydrogen-bond acceptors (Lipinski definition) is 5. The molecule has 5 heteroatoms. The zero-order valence-electron chi connectivity index (χ0n) is 24.8. The van der Waals surface area contributed by atoms with Gasteiger partial charge in [0.15, 0.2) is 0 Å². The van der Waals surface area contributed by atoms with Gasteiger partial charge in [-0.05, 0) is 19.9 Å². The van der Waals surface area contributed by atoms with Crippen LogP contribution in [-0.2, 0) is 0 Å². The first-order valence-electron chi connectivity index (χ1n) is 16.0. The molecule has 0 aromatic carbocycles. The van der Waals surface area contributed by atoms with Crippen LogP contribution in [0.4, 0.5) is 0 Å². The third-order valence-corrected chi connectivity index (χ3v) is 8.05. The summed E-state index contributed by atoms with van der Waals surface area (Å²) in [5, 5.41) is 21.5. The van der Waals surface area contributed by atoms with E-state index in [1.807, 2.05) is 0 Å². The van der Waals surface area contributed by atoms with Crippen LogP contribution in [0.3, 0.4) is 0 Å². The van der Waals surface area contributed by atoms with E-state index in [1.165, 1.54) is 89.9 Å². The van der Waals surface area contributed by atoms with Gasteiger partial charge in [-0.3, -0.25) is 9.80 Å². The van der Waals surface area contributed by atoms with Crippen LogP contribution in [0.25, 0.3) is 0 Å². The van der Waals surface area contributed by atoms with Gasteiger partial charge < -0.3 is 15.1 Å². The molecule has 1 aliphatic rings. The molecule has 1 saturated heterocycles. The van der Waals surface area contributed by atoms with Crippen molar-refractivity contribution < 1.29 is 10.2 Å². The van der Waals surface area contributed by atoms with Crippen molar-refractivity contribution in [3.05, 3.63) is 0 Å². The Kier molecular flexibility index (Phi) is 22.4. The zero-order valence-corrected chi connectivity index (χ0v) is 24.8. The van der Waals surface area contributed by atoms with Crippen LogP contribution >= 0.6 is 0 Å². The van der Waals surface area contributed by atoms with Crippen LogP contribution in [0.2, 0.25) is 0 Å². The number of likely N-dealkylation sites (N-methyl/N-ethyl adjacent to an activating group) is 1. The van der Waals surface area contributed by atoms with Gasteiger partial charge in [0.05, 0.1) is 12.2 Å². The lowest BCUT2D eigenvalue weighted by Crippen LogP contribution is -2.48. The number of aliphatic hydroxyl groups is 2. The fourth-order valence-corrected chi connectivity index (χ4v) is 5.42. The molecule has 0 amide bonds. The second-order valence-corrected chi connectivity index (χ2v) is 11.7. The first-order chi connectivity index (χ1) is 17.5. The van der Waals surface area contributed by atoms with Crippen molar-refractivity contribution in [1.29, 1.82) is 0 Å². The summed E-state index contributed by atoms with van der Waals surface area (Å²) in [6.45, 7) is 12.5. The highest BCUT2D eigenvalue weighted by Gasteiger charge is 2.19. The van der Waals surface area contributed by atoms with E-state index < -0.39 is 0 Å². The molecule has 0 aromatic rings. The number of rotatable bonds is 25. The molecule has 216 valence electrons. The third-order valence-electron chi connectivity index (χ3n) is 8.05. The lowest BCUT2D eigenvalue weighted by molar-refractivity contribution is 0.0510. The largest absolute Gasteiger partial charge is 0.392 e. The Balaban J connectivity index is 2.29. The van der Waals surface area contributed by atoms with Gasteiger partial charge in [0.1, 0.15) is 0 Å². The highest BCUT2D eigenvalue weighted by molar-refractivity contribution is 4.74. The summed E-state index contributed by atoms with van der Waals surface area (Å²) in [4.78, 5) is 7.29. The number of nitrogens with zero attached hydrogens (tertiary/aromatic N) is 3. The molecule has 0 saturated carbocycles. The topological polar surface area (TPSA) is 50.2 Å². The van der Waals surface area contributed by atoms with E-state index in [0.717, 1.165) is 65.0 Å². The average Bonchev–Trinajstić information content (AvgIpc) is 2.86. The maximum Gasteiger partial charge on any atom is 0.0667 e. The van der Waals surface area contributed by atoms with Crippen molar-refractivity contribution in [2.24, 2.45) is 0 Å². The van der Waals surface area contributed by atoms with E-state index in [9.17, 15) is 10.2 Å². The SMILES string of the molecule is CCCCCCCCCCC(O)CN(CCN1CCN(C)CC1)CC(O)CCCCCCCCCC. The summed E-state index contributed by atoms with van der Waals surface area (Å²) in [5.74, 6) is 0. The van der Waals surface area contributed by atoms with Crippen molar-refractivity contribution in [2.45, 2.75) is 142 Å². The van der Waals surface area contributed by atoms with E-state index in [-0.39, 0.29) is 12.2 Å². The molecule has 2 atom stereocenters. The lowest BCUT2D eigenvalue weighted by Gasteiger charge is -2.35. The van der Waals surface area contributed by atoms with Crippen LogP contribution < -0.4 is 0 Å². The summed E-state index contributed by atoms with van der Waals surface area (Å²) in [6, 6.07) is 0. The second kappa shape index (κ2) is 23.9. The maximum absolute atomic E-state index is 10.8. The Hall–Kier alpha value is -0.200. The van der Waals surface area contributed by atoms with Gasteiger partial charge in [-0.15, -0.1) is 0 Å². The smallest absolute Gasteiger partial charge is 0.0667 e. The molecule has 2 unspecified atom stereocenters. The van der Waals surface area contributed by atoms with Crippen molar-refractivity contribution in [1.82, 2.24) is 14.7 Å². The minimum Gasteiger partial charge on any atom is -0.392 e. The molecule has 36 heavy (non-hydrogen) atoms. The highest BCUT2D eigenvalue weighted by atomic mass is 16.3. The molecular formula is C31H65N3O2. The van der Waals surface area contributed by atoms with Gasteiger partial charge in [0.25, 0.3) is 0 Å². The first kappa shape index (κ1) is 33.8. The van der Waals surface area contributed by atoms with Gasteiger partial charge in [-0.25, -0.2) is 0 Å². The van der Waals surface area contributed by atoms with Crippen molar-refractivity contribution >= 4 is 0 Å². The van der Waals surface area contributed by atoms with E-state index in [1.54, 1.807) is 0 Å². The molecular weight excluding hydrogens is 446 g/mol. The predicted molar refractivity (Wildman–Crippen MR) is 157 cm³/mol. The van der Waals surface area contributed by atoms with Gasteiger partial charge in [-0.2, -0.15) is 0 Å². The quantitative estimate of drug-likeness (QED) is 0.140. The zero-order chi connectivity index (χ0) is 26.3. The molecule has 5 nitrogen and oxygen atoms in total. The number of piperazine rings is 1. The maximum atomic E-state index is 10.8. The van der Waals surface area contributed by atoms with Crippen molar-refractivity contribution in [2.75, 3.05) is 59.4 Å². The highest BCUT2D eigenvalue weighted by Crippen LogP contribution is 2.14. The van der Waals surface area contributed by atoms with Gasteiger partial charge >= 0.3 is 0 Å². The summed E-state index contributed by atoms with van der Waals surface area (Å²) in [7, 11) is 2.20. The molecule has 1 heterocycles. The molecule has 1 aliphatic heterocycles. The van der Waals surface area contributed by atoms with Crippen LogP contribution in [0.1, 0.15) is 129 Å². The average molecular weight is 512 g/mol. The van der Waals surface area contributed by atoms with Gasteiger partial charge in [0, 0.05) is 52.4 Å². The Morgan fingerprint density at radius 3 is 1.39 bits per heavy atom. The standard InChI is InChI=1S/C31H65N3O2/c1-4-6-8-10-12-14-16-18-20-30(35)28-34(27-26-33-24-22-32(3)23-25-33)29-31(36)21-19-17-15-13-11-9-7-5-2/h30-31,35-36H,4-29H2,1-3H3. The molecule has 1 fully saturated rings. The van der Waals surface area contributed by atoms with Crippen LogP contribution in [-0.4, -0.2) is 96.5 Å². The van der Waals surface area contributed by atoms with Crippen molar-refractivity contribution in [3.8, 4) is 0 Å². The molecule has 0 spiro atoms. The molecule has 0 radical (unpaired) electrons. The minimum absolute atomic E-state index is 0.270. The summed E-state index contributed by atoms with van der Waals surface area (Å²) < 4.78 is 0. The summed E-state index contributed by atoms with van der Waals surface area (Å²) >= 11 is 0. The molecule has 0 aliphatic carbocycles. The number of hydrogen-bond donors (Lipinski definition) is 2. The fraction of sp³-hybridized carbons (Fsp3) is 1.00. The van der Waals surface area contributed by atoms with Crippen LogP contribution in [0.5, 0.6) is 0 Å². The lowest BCUT2D eigenvalue weighted by atomic mass is 10.0. The minimum atomic E-state index is -0.270. The van der Waals surface area contributed by atoms with Crippen LogP contribution in [0, 0.1) is 0 Å². The normalized spacial score (nSPS) is 17.2. The predicted octanol–water partition coefficient (Wildman–Crippen LogP) is 6.32. The number of aliphatic hydroxyl groups excluding tert-OH is 2. The molecule has 0 aromatic heterocycles. The van der Waals surface area contributed by atoms with E-state index >= 15 is 0 Å². The first-order valence-corrected chi connectivity index (χ1v) is 16.0. The Bertz CT molecular complexity index is 429. The van der Waals surface area contributed by atoms with E-state index in [4.69, 9.17) is 0 Å². The van der Waals surface area contributed by atoms with E-state index in [2.05, 4.69) is 35.6 Å². The summed E-state index contributed by atoms with van der Waals surface area (Å²) in [5.41, 5.74) is 0. The molecule has 2 N–H and O–H groups in total. The fourth-order valence-electron chi connectivity index (χ4n) is 5.42. The van der Waals surface area contributed by atoms with Gasteiger partial charge in [0.2, 0.25) is 0 Å². The summed E-state index contributed by atoms with van der Waals surface area (Å²) in [6.07, 6.45) is 22.1. The molecule has 0 bridgehead atoms. The Labute approximate surface area is 226 Å². The Morgan fingerprint density at radius 2 is 0.972 bits per heavy atom. The number of unbranched alkanes of at least 4 members (excludes halogenated alkanes) is 14. The van der Waals surface area contributed by atoms with Gasteiger partial charge in [-0.1, -0.05) is 117 Å². The molecule has 1 rings (SSSR count). The second-order valence-electron chi connectivity index (χ2n) is 11.7.